The molecule has 0 unspecified atom stereocenters. The van der Waals surface area contributed by atoms with Crippen molar-refractivity contribution in [2.24, 2.45) is 13.0 Å². The summed E-state index contributed by atoms with van der Waals surface area (Å²) < 4.78 is 1.23. The van der Waals surface area contributed by atoms with Crippen molar-refractivity contribution < 1.29 is 0 Å². The van der Waals surface area contributed by atoms with Crippen LogP contribution in [0.4, 0.5) is 11.5 Å². The Bertz CT molecular complexity index is 552. The van der Waals surface area contributed by atoms with Gasteiger partial charge in [-0.1, -0.05) is 0 Å². The summed E-state index contributed by atoms with van der Waals surface area (Å²) in [6, 6.07) is 0. The van der Waals surface area contributed by atoms with E-state index in [9.17, 15) is 9.59 Å². The molecule has 2 rings (SSSR count). The fourth-order valence-electron chi connectivity index (χ4n) is 1.99. The van der Waals surface area contributed by atoms with E-state index >= 15 is 0 Å². The van der Waals surface area contributed by atoms with E-state index in [4.69, 9.17) is 5.73 Å². The van der Waals surface area contributed by atoms with E-state index in [2.05, 4.69) is 10.3 Å². The molecule has 0 saturated heterocycles. The van der Waals surface area contributed by atoms with E-state index < -0.39 is 11.2 Å². The average Bonchev–Trinajstić information content (AvgIpc) is 3.05. The van der Waals surface area contributed by atoms with Crippen LogP contribution >= 0.6 is 0 Å². The van der Waals surface area contributed by atoms with Gasteiger partial charge in [-0.3, -0.25) is 14.3 Å². The highest BCUT2D eigenvalue weighted by molar-refractivity contribution is 5.61. The maximum atomic E-state index is 11.7. The number of aromatic amines is 1. The first-order valence-corrected chi connectivity index (χ1v) is 5.70. The maximum Gasteiger partial charge on any atom is 0.329 e. The van der Waals surface area contributed by atoms with Crippen LogP contribution in [-0.2, 0) is 7.05 Å². The van der Waals surface area contributed by atoms with Crippen molar-refractivity contribution in [2.75, 3.05) is 11.1 Å². The van der Waals surface area contributed by atoms with E-state index in [1.165, 1.54) is 11.6 Å². The van der Waals surface area contributed by atoms with Crippen molar-refractivity contribution in [3.8, 4) is 0 Å². The van der Waals surface area contributed by atoms with Gasteiger partial charge in [-0.25, -0.2) is 4.79 Å². The molecule has 0 spiro atoms. The van der Waals surface area contributed by atoms with Crippen LogP contribution in [0.1, 0.15) is 26.7 Å². The van der Waals surface area contributed by atoms with Crippen LogP contribution < -0.4 is 22.3 Å². The fourth-order valence-corrected chi connectivity index (χ4v) is 1.99. The highest BCUT2D eigenvalue weighted by Gasteiger charge is 2.38. The van der Waals surface area contributed by atoms with Crippen molar-refractivity contribution in [3.63, 3.8) is 0 Å². The number of nitrogens with zero attached hydrogens (tertiary/aromatic N) is 1. The molecule has 1 aliphatic carbocycles. The van der Waals surface area contributed by atoms with Crippen molar-refractivity contribution in [1.82, 2.24) is 9.55 Å². The number of hydrogen-bond donors (Lipinski definition) is 3. The Morgan fingerprint density at radius 3 is 2.53 bits per heavy atom. The van der Waals surface area contributed by atoms with Crippen LogP contribution in [0.15, 0.2) is 9.59 Å². The van der Waals surface area contributed by atoms with Crippen molar-refractivity contribution >= 4 is 11.5 Å². The van der Waals surface area contributed by atoms with E-state index in [-0.39, 0.29) is 17.0 Å². The smallest absolute Gasteiger partial charge is 0.329 e. The molecule has 0 aliphatic heterocycles. The van der Waals surface area contributed by atoms with Gasteiger partial charge in [0.15, 0.2) is 0 Å². The van der Waals surface area contributed by atoms with Crippen molar-refractivity contribution in [2.45, 2.75) is 32.2 Å². The normalized spacial score (nSPS) is 15.9. The Labute approximate surface area is 98.8 Å². The van der Waals surface area contributed by atoms with Gasteiger partial charge in [-0.05, 0) is 32.6 Å². The number of H-pyrrole nitrogens is 1. The number of nitrogens with two attached hydrogens (primary N) is 1. The molecule has 1 saturated carbocycles. The number of nitrogens with one attached hydrogen (secondary N) is 2. The third kappa shape index (κ3) is 2.07. The summed E-state index contributed by atoms with van der Waals surface area (Å²) in [5, 5.41) is 3.16. The van der Waals surface area contributed by atoms with Crippen LogP contribution in [0.2, 0.25) is 0 Å². The average molecular weight is 238 g/mol. The molecule has 6 heteroatoms. The molecule has 0 amide bonds. The number of anilines is 2. The first-order valence-electron chi connectivity index (χ1n) is 5.70. The summed E-state index contributed by atoms with van der Waals surface area (Å²) in [5.74, 6) is 0.728. The van der Waals surface area contributed by atoms with Gasteiger partial charge in [-0.15, -0.1) is 0 Å². The molecule has 1 aromatic rings. The molecule has 1 aliphatic rings. The lowest BCUT2D eigenvalue weighted by atomic mass is 9.98. The zero-order valence-electron chi connectivity index (χ0n) is 10.3. The topological polar surface area (TPSA) is 92.9 Å². The van der Waals surface area contributed by atoms with Gasteiger partial charge in [0, 0.05) is 12.6 Å². The maximum absolute atomic E-state index is 11.7. The minimum Gasteiger partial charge on any atom is -0.383 e. The molecule has 0 aromatic carbocycles. The predicted molar refractivity (Wildman–Crippen MR) is 67.1 cm³/mol. The van der Waals surface area contributed by atoms with E-state index in [1.54, 1.807) is 0 Å². The van der Waals surface area contributed by atoms with Gasteiger partial charge in [0.05, 0.1) is 0 Å². The van der Waals surface area contributed by atoms with Gasteiger partial charge in [-0.2, -0.15) is 0 Å². The third-order valence-electron chi connectivity index (χ3n) is 3.41. The SMILES string of the molecule is Cn1c(N)c(NC(C)(C)C2CC2)c(=O)[nH]c1=O. The van der Waals surface area contributed by atoms with Crippen LogP contribution in [0, 0.1) is 5.92 Å². The van der Waals surface area contributed by atoms with Gasteiger partial charge >= 0.3 is 5.69 Å². The monoisotopic (exact) mass is 238 g/mol. The van der Waals surface area contributed by atoms with E-state index in [0.29, 0.717) is 5.92 Å². The zero-order valence-corrected chi connectivity index (χ0v) is 10.3. The molecule has 1 aromatic heterocycles. The van der Waals surface area contributed by atoms with Crippen LogP contribution in [-0.4, -0.2) is 15.1 Å². The minimum atomic E-state index is -0.498. The summed E-state index contributed by atoms with van der Waals surface area (Å²) in [7, 11) is 1.53. The lowest BCUT2D eigenvalue weighted by molar-refractivity contribution is 0.493. The van der Waals surface area contributed by atoms with Crippen molar-refractivity contribution in [1.29, 1.82) is 0 Å². The second-order valence-electron chi connectivity index (χ2n) is 5.20. The number of hydrogen-bond acceptors (Lipinski definition) is 4. The molecule has 0 bridgehead atoms. The summed E-state index contributed by atoms with van der Waals surface area (Å²) in [5.41, 5.74) is 4.94. The first-order chi connectivity index (χ1) is 7.83. The molecule has 6 nitrogen and oxygen atoms in total. The molecular weight excluding hydrogens is 220 g/mol. The Hall–Kier alpha value is -1.72. The standard InChI is InChI=1S/C11H18N4O2/c1-11(2,6-4-5-6)14-7-8(12)15(3)10(17)13-9(7)16/h6,14H,4-5,12H2,1-3H3,(H,13,16,17). The van der Waals surface area contributed by atoms with Crippen molar-refractivity contribution in [3.05, 3.63) is 20.8 Å². The van der Waals surface area contributed by atoms with Gasteiger partial charge in [0.25, 0.3) is 5.56 Å². The van der Waals surface area contributed by atoms with E-state index in [0.717, 1.165) is 12.8 Å². The van der Waals surface area contributed by atoms with Gasteiger partial charge < -0.3 is 11.1 Å². The third-order valence-corrected chi connectivity index (χ3v) is 3.41. The highest BCUT2D eigenvalue weighted by Crippen LogP contribution is 2.41. The Balaban J connectivity index is 2.42. The number of rotatable bonds is 3. The van der Waals surface area contributed by atoms with Gasteiger partial charge in [0.1, 0.15) is 11.5 Å². The summed E-state index contributed by atoms with van der Waals surface area (Å²) in [6.07, 6.45) is 2.31. The Kier molecular flexibility index (Phi) is 2.52. The predicted octanol–water partition coefficient (Wildman–Crippen LogP) is 0.256. The first kappa shape index (κ1) is 11.8. The summed E-state index contributed by atoms with van der Waals surface area (Å²) >= 11 is 0. The van der Waals surface area contributed by atoms with Crippen LogP contribution in [0.3, 0.4) is 0 Å². The molecular formula is C11H18N4O2. The molecule has 1 heterocycles. The molecule has 1 fully saturated rings. The minimum absolute atomic E-state index is 0.174. The Morgan fingerprint density at radius 1 is 1.41 bits per heavy atom. The molecule has 0 radical (unpaired) electrons. The zero-order chi connectivity index (χ0) is 12.8. The second-order valence-corrected chi connectivity index (χ2v) is 5.20. The summed E-state index contributed by atoms with van der Waals surface area (Å²) in [6.45, 7) is 4.07. The lowest BCUT2D eigenvalue weighted by Gasteiger charge is -2.27. The Morgan fingerprint density at radius 2 is 2.00 bits per heavy atom. The number of aromatic nitrogens is 2. The van der Waals surface area contributed by atoms with Crippen LogP contribution in [0.5, 0.6) is 0 Å². The molecule has 94 valence electrons. The lowest BCUT2D eigenvalue weighted by Crippen LogP contribution is -2.39. The summed E-state index contributed by atoms with van der Waals surface area (Å²) in [4.78, 5) is 25.3. The molecule has 4 N–H and O–H groups in total. The fraction of sp³-hybridized carbons (Fsp3) is 0.636. The molecule has 0 atom stereocenters. The van der Waals surface area contributed by atoms with E-state index in [1.807, 2.05) is 13.8 Å². The largest absolute Gasteiger partial charge is 0.383 e. The number of nitrogen functional groups attached to an aromatic ring is 1. The van der Waals surface area contributed by atoms with Gasteiger partial charge in [0.2, 0.25) is 0 Å². The molecule has 17 heavy (non-hydrogen) atoms. The highest BCUT2D eigenvalue weighted by atomic mass is 16.2. The quantitative estimate of drug-likeness (QED) is 0.704. The van der Waals surface area contributed by atoms with Crippen LogP contribution in [0.25, 0.3) is 0 Å². The second kappa shape index (κ2) is 3.65.